The summed E-state index contributed by atoms with van der Waals surface area (Å²) in [6, 6.07) is 7.73. The summed E-state index contributed by atoms with van der Waals surface area (Å²) in [5.74, 6) is -0.284. The van der Waals surface area contributed by atoms with Gasteiger partial charge in [-0.1, -0.05) is 29.5 Å². The van der Waals surface area contributed by atoms with E-state index in [0.29, 0.717) is 16.9 Å². The van der Waals surface area contributed by atoms with E-state index in [9.17, 15) is 9.90 Å². The summed E-state index contributed by atoms with van der Waals surface area (Å²) in [6.45, 7) is 1.98. The van der Waals surface area contributed by atoms with Gasteiger partial charge in [-0.2, -0.15) is 0 Å². The Kier molecular flexibility index (Phi) is 3.99. The summed E-state index contributed by atoms with van der Waals surface area (Å²) < 4.78 is 5.43. The van der Waals surface area contributed by atoms with Crippen molar-refractivity contribution in [1.29, 1.82) is 0 Å². The number of rotatable bonds is 5. The minimum absolute atomic E-state index is 0.0349. The van der Waals surface area contributed by atoms with E-state index in [-0.39, 0.29) is 6.42 Å². The molecule has 0 aliphatic rings. The highest BCUT2D eigenvalue weighted by Gasteiger charge is 2.08. The Hall–Kier alpha value is -1.82. The Morgan fingerprint density at radius 3 is 3.00 bits per heavy atom. The van der Waals surface area contributed by atoms with Crippen LogP contribution in [-0.2, 0) is 4.79 Å². The van der Waals surface area contributed by atoms with Crippen LogP contribution >= 0.6 is 11.8 Å². The van der Waals surface area contributed by atoms with Crippen molar-refractivity contribution in [1.82, 2.24) is 10.2 Å². The SMILES string of the molecule is Cc1cccc(-c2nnc(SCCC(=O)[O-])o2)c1. The number of aryl methyl sites for hydroxylation is 1. The fourth-order valence-corrected chi connectivity index (χ4v) is 2.06. The van der Waals surface area contributed by atoms with Crippen LogP contribution in [0.1, 0.15) is 12.0 Å². The van der Waals surface area contributed by atoms with Gasteiger partial charge in [0.05, 0.1) is 0 Å². The fourth-order valence-electron chi connectivity index (χ4n) is 1.38. The summed E-state index contributed by atoms with van der Waals surface area (Å²) in [7, 11) is 0. The first-order valence-corrected chi connectivity index (χ1v) is 6.37. The second-order valence-corrected chi connectivity index (χ2v) is 4.76. The van der Waals surface area contributed by atoms with E-state index in [1.165, 1.54) is 11.8 Å². The maximum Gasteiger partial charge on any atom is 0.276 e. The van der Waals surface area contributed by atoms with Crippen molar-refractivity contribution in [2.24, 2.45) is 0 Å². The lowest BCUT2D eigenvalue weighted by atomic mass is 10.1. The van der Waals surface area contributed by atoms with E-state index in [1.54, 1.807) is 0 Å². The van der Waals surface area contributed by atoms with Gasteiger partial charge in [0.2, 0.25) is 5.89 Å². The molecule has 1 aromatic heterocycles. The molecule has 5 nitrogen and oxygen atoms in total. The van der Waals surface area contributed by atoms with Crippen molar-refractivity contribution >= 4 is 17.7 Å². The molecule has 2 aromatic rings. The first kappa shape index (κ1) is 12.6. The van der Waals surface area contributed by atoms with E-state index in [4.69, 9.17) is 4.42 Å². The van der Waals surface area contributed by atoms with Gasteiger partial charge in [0.1, 0.15) is 0 Å². The summed E-state index contributed by atoms with van der Waals surface area (Å²) >= 11 is 1.21. The van der Waals surface area contributed by atoms with E-state index in [0.717, 1.165) is 11.1 Å². The molecule has 1 heterocycles. The van der Waals surface area contributed by atoms with Crippen LogP contribution in [0.4, 0.5) is 0 Å². The standard InChI is InChI=1S/C12H12N2O3S/c1-8-3-2-4-9(7-8)11-13-14-12(17-11)18-6-5-10(15)16/h2-4,7H,5-6H2,1H3,(H,15,16)/p-1. The van der Waals surface area contributed by atoms with E-state index < -0.39 is 5.97 Å². The third-order valence-corrected chi connectivity index (χ3v) is 3.02. The zero-order chi connectivity index (χ0) is 13.0. The Labute approximate surface area is 108 Å². The lowest BCUT2D eigenvalue weighted by molar-refractivity contribution is -0.305. The summed E-state index contributed by atoms with van der Waals surface area (Å²) in [5, 5.41) is 18.4. The molecule has 0 bridgehead atoms. The van der Waals surface area contributed by atoms with Gasteiger partial charge < -0.3 is 14.3 Å². The van der Waals surface area contributed by atoms with Gasteiger partial charge in [0.15, 0.2) is 0 Å². The van der Waals surface area contributed by atoms with Gasteiger partial charge in [0.25, 0.3) is 5.22 Å². The summed E-state index contributed by atoms with van der Waals surface area (Å²) in [4.78, 5) is 10.3. The molecule has 0 saturated heterocycles. The molecular formula is C12H11N2O3S-. The lowest BCUT2D eigenvalue weighted by Gasteiger charge is -1.98. The highest BCUT2D eigenvalue weighted by Crippen LogP contribution is 2.23. The Morgan fingerprint density at radius 1 is 1.44 bits per heavy atom. The molecule has 18 heavy (non-hydrogen) atoms. The third kappa shape index (κ3) is 3.33. The molecule has 0 atom stereocenters. The second-order valence-electron chi connectivity index (χ2n) is 3.71. The van der Waals surface area contributed by atoms with Crippen LogP contribution in [-0.4, -0.2) is 21.9 Å². The largest absolute Gasteiger partial charge is 0.550 e. The average molecular weight is 263 g/mol. The maximum absolute atomic E-state index is 10.3. The van der Waals surface area contributed by atoms with Crippen LogP contribution < -0.4 is 5.11 Å². The quantitative estimate of drug-likeness (QED) is 0.756. The van der Waals surface area contributed by atoms with Crippen molar-refractivity contribution in [3.63, 3.8) is 0 Å². The lowest BCUT2D eigenvalue weighted by Crippen LogP contribution is -2.22. The third-order valence-electron chi connectivity index (χ3n) is 2.20. The van der Waals surface area contributed by atoms with Crippen molar-refractivity contribution in [3.05, 3.63) is 29.8 Å². The van der Waals surface area contributed by atoms with Crippen molar-refractivity contribution in [2.75, 3.05) is 5.75 Å². The number of carboxylic acids is 1. The molecule has 0 spiro atoms. The number of hydrogen-bond acceptors (Lipinski definition) is 6. The molecule has 6 heteroatoms. The first-order valence-electron chi connectivity index (χ1n) is 5.38. The van der Waals surface area contributed by atoms with Crippen LogP contribution in [0.5, 0.6) is 0 Å². The van der Waals surface area contributed by atoms with Gasteiger partial charge in [-0.3, -0.25) is 0 Å². The Bertz CT molecular complexity index is 554. The van der Waals surface area contributed by atoms with Crippen molar-refractivity contribution < 1.29 is 14.3 Å². The number of nitrogens with zero attached hydrogens (tertiary/aromatic N) is 2. The zero-order valence-corrected chi connectivity index (χ0v) is 10.6. The van der Waals surface area contributed by atoms with E-state index >= 15 is 0 Å². The molecule has 2 rings (SSSR count). The summed E-state index contributed by atoms with van der Waals surface area (Å²) in [5.41, 5.74) is 1.96. The maximum atomic E-state index is 10.3. The molecule has 0 unspecified atom stereocenters. The molecule has 0 fully saturated rings. The molecule has 0 N–H and O–H groups in total. The number of benzene rings is 1. The van der Waals surface area contributed by atoms with Crippen LogP contribution in [0.15, 0.2) is 33.9 Å². The smallest absolute Gasteiger partial charge is 0.276 e. The van der Waals surface area contributed by atoms with E-state index in [2.05, 4.69) is 10.2 Å². The summed E-state index contributed by atoms with van der Waals surface area (Å²) in [6.07, 6.45) is -0.0349. The van der Waals surface area contributed by atoms with Crippen LogP contribution in [0.3, 0.4) is 0 Å². The number of carbonyl (C=O) groups is 1. The molecule has 0 amide bonds. The molecule has 1 aromatic carbocycles. The van der Waals surface area contributed by atoms with Gasteiger partial charge in [-0.05, 0) is 25.5 Å². The van der Waals surface area contributed by atoms with Gasteiger partial charge in [0, 0.05) is 17.3 Å². The monoisotopic (exact) mass is 263 g/mol. The minimum atomic E-state index is -1.08. The van der Waals surface area contributed by atoms with Gasteiger partial charge in [-0.25, -0.2) is 0 Å². The van der Waals surface area contributed by atoms with Crippen LogP contribution in [0, 0.1) is 6.92 Å². The normalized spacial score (nSPS) is 10.5. The molecule has 94 valence electrons. The molecule has 0 saturated carbocycles. The number of aromatic nitrogens is 2. The number of carboxylic acid groups (broad SMARTS) is 1. The fraction of sp³-hybridized carbons (Fsp3) is 0.250. The molecule has 0 radical (unpaired) electrons. The topological polar surface area (TPSA) is 79.0 Å². The highest BCUT2D eigenvalue weighted by atomic mass is 32.2. The molecule has 0 aliphatic carbocycles. The predicted octanol–water partition coefficient (Wildman–Crippen LogP) is 1.28. The first-order chi connectivity index (χ1) is 8.65. The Balaban J connectivity index is 2.04. The number of carbonyl (C=O) groups excluding carboxylic acids is 1. The van der Waals surface area contributed by atoms with Crippen molar-refractivity contribution in [2.45, 2.75) is 18.6 Å². The van der Waals surface area contributed by atoms with Crippen LogP contribution in [0.25, 0.3) is 11.5 Å². The Morgan fingerprint density at radius 2 is 2.28 bits per heavy atom. The second kappa shape index (κ2) is 5.68. The van der Waals surface area contributed by atoms with Crippen molar-refractivity contribution in [3.8, 4) is 11.5 Å². The van der Waals surface area contributed by atoms with Gasteiger partial charge in [-0.15, -0.1) is 10.2 Å². The average Bonchev–Trinajstić information content (AvgIpc) is 2.77. The molecule has 0 aliphatic heterocycles. The van der Waals surface area contributed by atoms with E-state index in [1.807, 2.05) is 31.2 Å². The zero-order valence-electron chi connectivity index (χ0n) is 9.75. The predicted molar refractivity (Wildman–Crippen MR) is 64.8 cm³/mol. The molecular weight excluding hydrogens is 252 g/mol. The number of hydrogen-bond donors (Lipinski definition) is 0. The number of aliphatic carboxylic acids is 1. The number of thioether (sulfide) groups is 1. The minimum Gasteiger partial charge on any atom is -0.550 e. The van der Waals surface area contributed by atoms with Gasteiger partial charge >= 0.3 is 0 Å². The highest BCUT2D eigenvalue weighted by molar-refractivity contribution is 7.99. The van der Waals surface area contributed by atoms with Crippen LogP contribution in [0.2, 0.25) is 0 Å².